The quantitative estimate of drug-likeness (QED) is 0.649. The Kier molecular flexibility index (Phi) is 6.37. The predicted octanol–water partition coefficient (Wildman–Crippen LogP) is 3.87. The SMILES string of the molecule is Cc1ccnc(-c2ccc(NC(=O)N3CCOC[C@H]3C[C@@H](O)c3cccs3)cc2)n1. The summed E-state index contributed by atoms with van der Waals surface area (Å²) in [6.07, 6.45) is 1.56. The average Bonchev–Trinajstić information content (AvgIpc) is 3.30. The Labute approximate surface area is 179 Å². The molecule has 1 saturated heterocycles. The minimum Gasteiger partial charge on any atom is -0.387 e. The van der Waals surface area contributed by atoms with E-state index in [1.807, 2.05) is 54.8 Å². The number of amides is 2. The molecule has 0 aliphatic carbocycles. The monoisotopic (exact) mass is 424 g/mol. The van der Waals surface area contributed by atoms with E-state index in [2.05, 4.69) is 15.3 Å². The van der Waals surface area contributed by atoms with Crippen molar-refractivity contribution in [3.63, 3.8) is 0 Å². The molecule has 1 aliphatic rings. The first-order chi connectivity index (χ1) is 14.6. The Bertz CT molecular complexity index is 978. The van der Waals surface area contributed by atoms with Gasteiger partial charge in [-0.05, 0) is 48.7 Å². The summed E-state index contributed by atoms with van der Waals surface area (Å²) in [4.78, 5) is 24.3. The normalized spacial score (nSPS) is 17.5. The van der Waals surface area contributed by atoms with Gasteiger partial charge in [-0.3, -0.25) is 0 Å². The summed E-state index contributed by atoms with van der Waals surface area (Å²) in [6, 6.07) is 12.8. The highest BCUT2D eigenvalue weighted by Crippen LogP contribution is 2.26. The van der Waals surface area contributed by atoms with Crippen LogP contribution >= 0.6 is 11.3 Å². The standard InChI is InChI=1S/C22H24N4O3S/c1-15-8-9-23-21(24-15)16-4-6-17(7-5-16)25-22(28)26-10-11-29-14-18(26)13-19(27)20-3-2-12-30-20/h2-9,12,18-19,27H,10-11,13-14H2,1H3,(H,25,28)/t18-,19-/m1/s1. The molecule has 30 heavy (non-hydrogen) atoms. The minimum atomic E-state index is -0.611. The van der Waals surface area contributed by atoms with Crippen molar-refractivity contribution in [3.8, 4) is 11.4 Å². The first kappa shape index (κ1) is 20.5. The van der Waals surface area contributed by atoms with E-state index in [1.54, 1.807) is 11.1 Å². The highest BCUT2D eigenvalue weighted by molar-refractivity contribution is 7.10. The topological polar surface area (TPSA) is 87.6 Å². The molecule has 0 saturated carbocycles. The molecule has 0 unspecified atom stereocenters. The molecule has 3 aromatic rings. The van der Waals surface area contributed by atoms with Crippen LogP contribution in [-0.4, -0.2) is 51.8 Å². The van der Waals surface area contributed by atoms with Crippen molar-refractivity contribution in [2.45, 2.75) is 25.5 Å². The number of carbonyl (C=O) groups is 1. The fraction of sp³-hybridized carbons (Fsp3) is 0.318. The second-order valence-electron chi connectivity index (χ2n) is 7.22. The molecule has 156 valence electrons. The molecular weight excluding hydrogens is 400 g/mol. The van der Waals surface area contributed by atoms with Gasteiger partial charge in [0.15, 0.2) is 5.82 Å². The average molecular weight is 425 g/mol. The molecule has 2 atom stereocenters. The number of anilines is 1. The molecule has 1 fully saturated rings. The lowest BCUT2D eigenvalue weighted by molar-refractivity contribution is -0.00382. The largest absolute Gasteiger partial charge is 0.387 e. The smallest absolute Gasteiger partial charge is 0.322 e. The van der Waals surface area contributed by atoms with Crippen LogP contribution in [0.25, 0.3) is 11.4 Å². The number of hydrogen-bond donors (Lipinski definition) is 2. The van der Waals surface area contributed by atoms with Gasteiger partial charge in [0.2, 0.25) is 0 Å². The molecule has 0 spiro atoms. The van der Waals surface area contributed by atoms with Gasteiger partial charge >= 0.3 is 6.03 Å². The van der Waals surface area contributed by atoms with Gasteiger partial charge in [-0.15, -0.1) is 11.3 Å². The summed E-state index contributed by atoms with van der Waals surface area (Å²) in [5, 5.41) is 15.4. The van der Waals surface area contributed by atoms with Crippen LogP contribution in [-0.2, 0) is 4.74 Å². The number of thiophene rings is 1. The van der Waals surface area contributed by atoms with Crippen LogP contribution in [0.2, 0.25) is 0 Å². The van der Waals surface area contributed by atoms with Crippen LogP contribution in [0.3, 0.4) is 0 Å². The number of ether oxygens (including phenoxy) is 1. The first-order valence-corrected chi connectivity index (χ1v) is 10.7. The molecule has 8 heteroatoms. The highest BCUT2D eigenvalue weighted by atomic mass is 32.1. The Hall–Kier alpha value is -2.81. The Morgan fingerprint density at radius 1 is 1.33 bits per heavy atom. The minimum absolute atomic E-state index is 0.184. The maximum Gasteiger partial charge on any atom is 0.322 e. The predicted molar refractivity (Wildman–Crippen MR) is 116 cm³/mol. The first-order valence-electron chi connectivity index (χ1n) is 9.87. The second kappa shape index (κ2) is 9.34. The summed E-state index contributed by atoms with van der Waals surface area (Å²) < 4.78 is 5.56. The third kappa shape index (κ3) is 4.84. The molecule has 1 aliphatic heterocycles. The number of rotatable bonds is 5. The number of nitrogens with zero attached hydrogens (tertiary/aromatic N) is 3. The number of morpholine rings is 1. The molecule has 3 heterocycles. The van der Waals surface area contributed by atoms with Crippen LogP contribution in [0.4, 0.5) is 10.5 Å². The van der Waals surface area contributed by atoms with E-state index in [1.165, 1.54) is 11.3 Å². The van der Waals surface area contributed by atoms with Crippen molar-refractivity contribution in [2.24, 2.45) is 0 Å². The third-order valence-electron chi connectivity index (χ3n) is 5.04. The number of aliphatic hydroxyl groups is 1. The van der Waals surface area contributed by atoms with Crippen molar-refractivity contribution in [1.29, 1.82) is 0 Å². The number of carbonyl (C=O) groups excluding carboxylic acids is 1. The summed E-state index contributed by atoms with van der Waals surface area (Å²) in [5.74, 6) is 0.656. The van der Waals surface area contributed by atoms with E-state index in [0.29, 0.717) is 37.7 Å². The van der Waals surface area contributed by atoms with Gasteiger partial charge in [0.05, 0.1) is 25.4 Å². The lowest BCUT2D eigenvalue weighted by Crippen LogP contribution is -2.50. The van der Waals surface area contributed by atoms with Crippen LogP contribution in [0.5, 0.6) is 0 Å². The zero-order valence-corrected chi connectivity index (χ0v) is 17.5. The van der Waals surface area contributed by atoms with E-state index < -0.39 is 6.10 Å². The number of benzene rings is 1. The molecule has 7 nitrogen and oxygen atoms in total. The van der Waals surface area contributed by atoms with Crippen LogP contribution in [0.15, 0.2) is 54.0 Å². The van der Waals surface area contributed by atoms with Gasteiger partial charge in [0.1, 0.15) is 0 Å². The summed E-state index contributed by atoms with van der Waals surface area (Å²) in [6.45, 7) is 3.32. The molecule has 2 aromatic heterocycles. The van der Waals surface area contributed by atoms with Crippen molar-refractivity contribution >= 4 is 23.1 Å². The summed E-state index contributed by atoms with van der Waals surface area (Å²) in [7, 11) is 0. The van der Waals surface area contributed by atoms with Gasteiger partial charge in [-0.1, -0.05) is 6.07 Å². The van der Waals surface area contributed by atoms with Crippen molar-refractivity contribution in [1.82, 2.24) is 14.9 Å². The lowest BCUT2D eigenvalue weighted by atomic mass is 10.1. The Morgan fingerprint density at radius 3 is 2.90 bits per heavy atom. The molecule has 4 rings (SSSR count). The van der Waals surface area contributed by atoms with E-state index in [4.69, 9.17) is 4.74 Å². The van der Waals surface area contributed by atoms with E-state index in [-0.39, 0.29) is 12.1 Å². The molecule has 0 bridgehead atoms. The van der Waals surface area contributed by atoms with Gasteiger partial charge in [-0.2, -0.15) is 0 Å². The highest BCUT2D eigenvalue weighted by Gasteiger charge is 2.30. The number of hydrogen-bond acceptors (Lipinski definition) is 6. The number of aliphatic hydroxyl groups excluding tert-OH is 1. The van der Waals surface area contributed by atoms with Crippen LogP contribution < -0.4 is 5.32 Å². The van der Waals surface area contributed by atoms with Gasteiger partial charge in [0, 0.05) is 41.0 Å². The van der Waals surface area contributed by atoms with Gasteiger partial charge in [0.25, 0.3) is 0 Å². The van der Waals surface area contributed by atoms with Gasteiger partial charge in [-0.25, -0.2) is 14.8 Å². The Balaban J connectivity index is 1.41. The summed E-state index contributed by atoms with van der Waals surface area (Å²) in [5.41, 5.74) is 2.49. The fourth-order valence-corrected chi connectivity index (χ4v) is 4.18. The number of nitrogens with one attached hydrogen (secondary N) is 1. The molecule has 2 N–H and O–H groups in total. The molecular formula is C22H24N4O3S. The van der Waals surface area contributed by atoms with Gasteiger partial charge < -0.3 is 20.1 Å². The van der Waals surface area contributed by atoms with Crippen molar-refractivity contribution in [2.75, 3.05) is 25.1 Å². The fourth-order valence-electron chi connectivity index (χ4n) is 3.46. The second-order valence-corrected chi connectivity index (χ2v) is 8.20. The molecule has 2 amide bonds. The zero-order valence-electron chi connectivity index (χ0n) is 16.7. The van der Waals surface area contributed by atoms with Crippen LogP contribution in [0.1, 0.15) is 23.1 Å². The number of aromatic nitrogens is 2. The Morgan fingerprint density at radius 2 is 2.17 bits per heavy atom. The zero-order chi connectivity index (χ0) is 20.9. The summed E-state index contributed by atoms with van der Waals surface area (Å²) >= 11 is 1.51. The van der Waals surface area contributed by atoms with Crippen molar-refractivity contribution < 1.29 is 14.6 Å². The lowest BCUT2D eigenvalue weighted by Gasteiger charge is -2.36. The third-order valence-corrected chi connectivity index (χ3v) is 6.02. The number of aryl methyl sites for hydroxylation is 1. The maximum absolute atomic E-state index is 12.9. The maximum atomic E-state index is 12.9. The van der Waals surface area contributed by atoms with E-state index in [0.717, 1.165) is 16.1 Å². The van der Waals surface area contributed by atoms with E-state index in [9.17, 15) is 9.90 Å². The molecule has 0 radical (unpaired) electrons. The van der Waals surface area contributed by atoms with Crippen LogP contribution in [0, 0.1) is 6.92 Å². The van der Waals surface area contributed by atoms with E-state index >= 15 is 0 Å². The number of urea groups is 1. The van der Waals surface area contributed by atoms with Crippen molar-refractivity contribution in [3.05, 3.63) is 64.6 Å². The molecule has 1 aromatic carbocycles.